The van der Waals surface area contributed by atoms with Gasteiger partial charge in [-0.3, -0.25) is 4.79 Å². The van der Waals surface area contributed by atoms with Crippen LogP contribution in [0.25, 0.3) is 0 Å². The predicted molar refractivity (Wildman–Crippen MR) is 95.1 cm³/mol. The summed E-state index contributed by atoms with van der Waals surface area (Å²) < 4.78 is 45.5. The Balaban J connectivity index is 1.70. The van der Waals surface area contributed by atoms with Crippen molar-refractivity contribution in [3.8, 4) is 6.01 Å². The molecule has 1 amide bonds. The number of aromatic nitrogens is 2. The Morgan fingerprint density at radius 1 is 1.26 bits per heavy atom. The molecule has 2 heterocycles. The van der Waals surface area contributed by atoms with Gasteiger partial charge in [0, 0.05) is 19.2 Å². The molecule has 1 saturated heterocycles. The second-order valence-electron chi connectivity index (χ2n) is 6.13. The zero-order valence-electron chi connectivity index (χ0n) is 14.6. The van der Waals surface area contributed by atoms with Gasteiger partial charge in [0.2, 0.25) is 15.9 Å². The Kier molecular flexibility index (Phi) is 5.66. The lowest BCUT2D eigenvalue weighted by atomic mass is 10.1. The van der Waals surface area contributed by atoms with Crippen molar-refractivity contribution < 1.29 is 22.3 Å². The zero-order chi connectivity index (χ0) is 19.4. The van der Waals surface area contributed by atoms with E-state index in [1.807, 2.05) is 0 Å². The molecular weight excluding hydrogens is 375 g/mol. The Morgan fingerprint density at radius 2 is 1.93 bits per heavy atom. The molecule has 1 aliphatic heterocycles. The molecule has 3 rings (SSSR count). The summed E-state index contributed by atoms with van der Waals surface area (Å²) in [7, 11) is -3.70. The van der Waals surface area contributed by atoms with E-state index >= 15 is 0 Å². The predicted octanol–water partition coefficient (Wildman–Crippen LogP) is 1.81. The third-order valence-electron chi connectivity index (χ3n) is 4.02. The van der Waals surface area contributed by atoms with Gasteiger partial charge in [-0.15, -0.1) is 0 Å². The van der Waals surface area contributed by atoms with Crippen LogP contribution in [0, 0.1) is 5.82 Å². The fourth-order valence-corrected chi connectivity index (χ4v) is 4.30. The zero-order valence-corrected chi connectivity index (χ0v) is 15.4. The van der Waals surface area contributed by atoms with Crippen LogP contribution in [0.5, 0.6) is 6.01 Å². The molecular formula is C17H19FN4O4S. The van der Waals surface area contributed by atoms with E-state index in [1.54, 1.807) is 12.1 Å². The van der Waals surface area contributed by atoms with Crippen molar-refractivity contribution in [3.05, 3.63) is 42.5 Å². The maximum atomic E-state index is 12.9. The summed E-state index contributed by atoms with van der Waals surface area (Å²) in [4.78, 5) is 18.7. The minimum atomic E-state index is -3.70. The highest BCUT2D eigenvalue weighted by Gasteiger charge is 2.31. The largest absolute Gasteiger partial charge is 0.459 e. The molecule has 2 aromatic rings. The third-order valence-corrected chi connectivity index (χ3v) is 5.90. The first kappa shape index (κ1) is 19.2. The molecule has 0 spiro atoms. The second kappa shape index (κ2) is 7.97. The van der Waals surface area contributed by atoms with E-state index in [0.29, 0.717) is 25.1 Å². The van der Waals surface area contributed by atoms with Crippen LogP contribution in [-0.4, -0.2) is 47.8 Å². The van der Waals surface area contributed by atoms with Crippen molar-refractivity contribution in [3.63, 3.8) is 0 Å². The quantitative estimate of drug-likeness (QED) is 0.830. The monoisotopic (exact) mass is 394 g/mol. The molecule has 144 valence electrons. The molecule has 1 atom stereocenters. The first-order chi connectivity index (χ1) is 12.8. The van der Waals surface area contributed by atoms with Crippen LogP contribution < -0.4 is 10.1 Å². The van der Waals surface area contributed by atoms with E-state index in [2.05, 4.69) is 15.3 Å². The molecule has 0 saturated carbocycles. The second-order valence-corrected chi connectivity index (χ2v) is 8.07. The highest BCUT2D eigenvalue weighted by molar-refractivity contribution is 7.89. The van der Waals surface area contributed by atoms with E-state index in [1.165, 1.54) is 23.4 Å². The van der Waals surface area contributed by atoms with Crippen molar-refractivity contribution in [2.24, 2.45) is 0 Å². The lowest BCUT2D eigenvalue weighted by molar-refractivity contribution is -0.114. The number of rotatable bonds is 5. The normalized spacial score (nSPS) is 18.1. The van der Waals surface area contributed by atoms with Gasteiger partial charge >= 0.3 is 6.01 Å². The van der Waals surface area contributed by atoms with Crippen LogP contribution >= 0.6 is 0 Å². The molecule has 10 heteroatoms. The fourth-order valence-electron chi connectivity index (χ4n) is 2.79. The highest BCUT2D eigenvalue weighted by atomic mass is 32.2. The lowest BCUT2D eigenvalue weighted by Crippen LogP contribution is -2.44. The summed E-state index contributed by atoms with van der Waals surface area (Å²) >= 11 is 0. The molecule has 1 N–H and O–H groups in total. The van der Waals surface area contributed by atoms with Gasteiger partial charge in [0.25, 0.3) is 0 Å². The maximum absolute atomic E-state index is 12.9. The summed E-state index contributed by atoms with van der Waals surface area (Å²) in [5.74, 6) is -0.803. The Hall–Kier alpha value is -2.59. The molecule has 8 nitrogen and oxygen atoms in total. The summed E-state index contributed by atoms with van der Waals surface area (Å²) in [5, 5.41) is 2.59. The van der Waals surface area contributed by atoms with Crippen molar-refractivity contribution in [2.75, 3.05) is 18.4 Å². The number of hydrogen-bond acceptors (Lipinski definition) is 6. The van der Waals surface area contributed by atoms with Gasteiger partial charge in [-0.1, -0.05) is 0 Å². The van der Waals surface area contributed by atoms with Gasteiger partial charge in [0.05, 0.1) is 23.8 Å². The summed E-state index contributed by atoms with van der Waals surface area (Å²) in [6.07, 6.45) is 2.84. The van der Waals surface area contributed by atoms with E-state index in [4.69, 9.17) is 4.74 Å². The molecule has 1 aliphatic rings. The number of carbonyl (C=O) groups excluding carboxylic acids is 1. The number of nitrogens with one attached hydrogen (secondary N) is 1. The minimum absolute atomic E-state index is 0.0142. The molecule has 27 heavy (non-hydrogen) atoms. The number of ether oxygens (including phenoxy) is 1. The number of hydrogen-bond donors (Lipinski definition) is 1. The van der Waals surface area contributed by atoms with Crippen molar-refractivity contribution in [1.82, 2.24) is 14.3 Å². The fraction of sp³-hybridized carbons (Fsp3) is 0.353. The van der Waals surface area contributed by atoms with E-state index in [9.17, 15) is 17.6 Å². The smallest absolute Gasteiger partial charge is 0.316 e. The number of amides is 1. The highest BCUT2D eigenvalue weighted by Crippen LogP contribution is 2.23. The van der Waals surface area contributed by atoms with Crippen LogP contribution in [0.15, 0.2) is 41.6 Å². The van der Waals surface area contributed by atoms with Gasteiger partial charge in [-0.25, -0.2) is 22.8 Å². The molecule has 1 aromatic heterocycles. The first-order valence-electron chi connectivity index (χ1n) is 8.36. The van der Waals surface area contributed by atoms with Crippen molar-refractivity contribution in [1.29, 1.82) is 0 Å². The number of benzene rings is 1. The van der Waals surface area contributed by atoms with E-state index < -0.39 is 21.9 Å². The van der Waals surface area contributed by atoms with Gasteiger partial charge in [0.1, 0.15) is 6.10 Å². The Labute approximate surface area is 156 Å². The number of anilines is 1. The van der Waals surface area contributed by atoms with Crippen LogP contribution in [-0.2, 0) is 14.8 Å². The molecule has 0 bridgehead atoms. The van der Waals surface area contributed by atoms with E-state index in [0.717, 1.165) is 12.4 Å². The molecule has 1 aromatic carbocycles. The van der Waals surface area contributed by atoms with Gasteiger partial charge < -0.3 is 10.1 Å². The molecule has 1 fully saturated rings. The maximum Gasteiger partial charge on any atom is 0.316 e. The number of carbonyl (C=O) groups is 1. The number of nitrogens with zero attached hydrogens (tertiary/aromatic N) is 3. The SMILES string of the molecule is CC(=O)Nc1ccc(S(=O)(=O)N2CCCC(Oc3ncc(F)cn3)C2)cc1. The molecule has 1 unspecified atom stereocenters. The Morgan fingerprint density at radius 3 is 2.56 bits per heavy atom. The number of piperidine rings is 1. The topological polar surface area (TPSA) is 101 Å². The summed E-state index contributed by atoms with van der Waals surface area (Å²) in [6, 6.07) is 6.00. The average Bonchev–Trinajstić information content (AvgIpc) is 2.64. The lowest BCUT2D eigenvalue weighted by Gasteiger charge is -2.31. The molecule has 0 aliphatic carbocycles. The van der Waals surface area contributed by atoms with Gasteiger partial charge in [-0.05, 0) is 37.1 Å². The minimum Gasteiger partial charge on any atom is -0.459 e. The Bertz CT molecular complexity index is 904. The number of halogens is 1. The van der Waals surface area contributed by atoms with Gasteiger partial charge in [0.15, 0.2) is 5.82 Å². The standard InChI is InChI=1S/C17H19FN4O4S/c1-12(23)21-14-4-6-16(7-5-14)27(24,25)22-8-2-3-15(11-22)26-17-19-9-13(18)10-20-17/h4-7,9-10,15H,2-3,8,11H2,1H3,(H,21,23). The van der Waals surface area contributed by atoms with Gasteiger partial charge in [-0.2, -0.15) is 4.31 Å². The summed E-state index contributed by atoms with van der Waals surface area (Å²) in [5.41, 5.74) is 0.523. The summed E-state index contributed by atoms with van der Waals surface area (Å²) in [6.45, 7) is 1.90. The first-order valence-corrected chi connectivity index (χ1v) is 9.80. The van der Waals surface area contributed by atoms with Crippen molar-refractivity contribution in [2.45, 2.75) is 30.8 Å². The van der Waals surface area contributed by atoms with Crippen LogP contribution in [0.3, 0.4) is 0 Å². The molecule has 0 radical (unpaired) electrons. The third kappa shape index (κ3) is 4.77. The van der Waals surface area contributed by atoms with E-state index in [-0.39, 0.29) is 23.4 Å². The van der Waals surface area contributed by atoms with Crippen LogP contribution in [0.1, 0.15) is 19.8 Å². The average molecular weight is 394 g/mol. The van der Waals surface area contributed by atoms with Crippen LogP contribution in [0.2, 0.25) is 0 Å². The van der Waals surface area contributed by atoms with Crippen LogP contribution in [0.4, 0.5) is 10.1 Å². The number of sulfonamides is 1. The van der Waals surface area contributed by atoms with Crippen molar-refractivity contribution >= 4 is 21.6 Å².